The number of hydrogen-bond donors (Lipinski definition) is 0. The zero-order valence-electron chi connectivity index (χ0n) is 10.2. The Morgan fingerprint density at radius 3 is 1.41 bits per heavy atom. The van der Waals surface area contributed by atoms with Crippen LogP contribution in [0, 0.1) is 0 Å². The van der Waals surface area contributed by atoms with Gasteiger partial charge in [0.1, 0.15) is 0 Å². The first kappa shape index (κ1) is 12.1. The Balaban J connectivity index is 2.52. The maximum absolute atomic E-state index is 12.5. The Bertz CT molecular complexity index is 474. The topological polar surface area (TPSA) is 17.1 Å². The number of rotatable bonds is 3. The van der Waals surface area contributed by atoms with Gasteiger partial charge in [0.05, 0.1) is 12.8 Å². The van der Waals surface area contributed by atoms with Gasteiger partial charge in [-0.25, -0.2) is 0 Å². The van der Waals surface area contributed by atoms with Gasteiger partial charge in [0.15, 0.2) is 0 Å². The van der Waals surface area contributed by atoms with Gasteiger partial charge in [-0.3, -0.25) is 0 Å². The summed E-state index contributed by atoms with van der Waals surface area (Å²) in [5, 5.41) is 0. The van der Waals surface area contributed by atoms with E-state index < -0.39 is 7.14 Å². The lowest BCUT2D eigenvalue weighted by Gasteiger charge is -2.22. The van der Waals surface area contributed by atoms with Gasteiger partial charge in [-0.15, -0.1) is 0 Å². The van der Waals surface area contributed by atoms with Crippen molar-refractivity contribution < 1.29 is 4.57 Å². The van der Waals surface area contributed by atoms with E-state index in [-0.39, 0.29) is 5.66 Å². The van der Waals surface area contributed by atoms with Gasteiger partial charge in [0, 0.05) is 0 Å². The summed E-state index contributed by atoms with van der Waals surface area (Å²) in [6.07, 6.45) is 0. The first-order valence-electron chi connectivity index (χ1n) is 5.73. The largest absolute Gasteiger partial charge is 0.323 e. The van der Waals surface area contributed by atoms with Crippen LogP contribution in [0.1, 0.15) is 16.8 Å². The quantitative estimate of drug-likeness (QED) is 0.731. The van der Waals surface area contributed by atoms with E-state index in [1.54, 1.807) is 0 Å². The summed E-state index contributed by atoms with van der Waals surface area (Å²) in [5.74, 6) is 0. The van der Waals surface area contributed by atoms with Crippen LogP contribution in [-0.2, 0) is 4.57 Å². The second-order valence-electron chi connectivity index (χ2n) is 4.66. The molecular formula is C15H17OP. The maximum Gasteiger partial charge on any atom is 0.0932 e. The molecule has 0 saturated carbocycles. The molecule has 0 N–H and O–H groups in total. The smallest absolute Gasteiger partial charge is 0.0932 e. The van der Waals surface area contributed by atoms with E-state index in [0.717, 1.165) is 11.1 Å². The molecular weight excluding hydrogens is 227 g/mol. The molecule has 2 aromatic carbocycles. The highest BCUT2D eigenvalue weighted by Gasteiger charge is 2.26. The molecule has 0 amide bonds. The van der Waals surface area contributed by atoms with Gasteiger partial charge in [0.25, 0.3) is 0 Å². The maximum atomic E-state index is 12.5. The van der Waals surface area contributed by atoms with E-state index in [4.69, 9.17) is 0 Å². The minimum Gasteiger partial charge on any atom is -0.323 e. The summed E-state index contributed by atoms with van der Waals surface area (Å²) in [5.41, 5.74) is 2.27. The molecule has 0 fully saturated rings. The Morgan fingerprint density at radius 1 is 0.765 bits per heavy atom. The van der Waals surface area contributed by atoms with Crippen LogP contribution < -0.4 is 0 Å². The average molecular weight is 244 g/mol. The minimum absolute atomic E-state index is 0.00454. The molecule has 2 aromatic rings. The summed E-state index contributed by atoms with van der Waals surface area (Å²) in [6, 6.07) is 20.2. The molecule has 0 atom stereocenters. The van der Waals surface area contributed by atoms with Crippen LogP contribution >= 0.6 is 7.14 Å². The monoisotopic (exact) mass is 244 g/mol. The molecule has 0 spiro atoms. The molecule has 2 heteroatoms. The lowest BCUT2D eigenvalue weighted by molar-refractivity contribution is 0.578. The summed E-state index contributed by atoms with van der Waals surface area (Å²) < 4.78 is 12.5. The van der Waals surface area contributed by atoms with Crippen molar-refractivity contribution in [3.63, 3.8) is 0 Å². The molecule has 1 nitrogen and oxygen atoms in total. The third-order valence-electron chi connectivity index (χ3n) is 2.85. The summed E-state index contributed by atoms with van der Waals surface area (Å²) >= 11 is 0. The van der Waals surface area contributed by atoms with E-state index in [1.807, 2.05) is 49.7 Å². The predicted octanol–water partition coefficient (Wildman–Crippen LogP) is 4.40. The zero-order valence-corrected chi connectivity index (χ0v) is 11.1. The fourth-order valence-corrected chi connectivity index (χ4v) is 3.96. The normalized spacial score (nSPS) is 11.7. The summed E-state index contributed by atoms with van der Waals surface area (Å²) in [4.78, 5) is 0. The molecule has 0 saturated heterocycles. The summed E-state index contributed by atoms with van der Waals surface area (Å²) in [6.45, 7) is 3.72. The second-order valence-corrected chi connectivity index (χ2v) is 8.04. The SMILES string of the molecule is CP(C)(=O)C(c1ccccc1)c1ccccc1. The lowest BCUT2D eigenvalue weighted by Crippen LogP contribution is -2.00. The van der Waals surface area contributed by atoms with Gasteiger partial charge in [-0.1, -0.05) is 60.7 Å². The Labute approximate surface area is 103 Å². The Kier molecular flexibility index (Phi) is 3.49. The van der Waals surface area contributed by atoms with Crippen LogP contribution in [0.4, 0.5) is 0 Å². The predicted molar refractivity (Wildman–Crippen MR) is 74.2 cm³/mol. The fourth-order valence-electron chi connectivity index (χ4n) is 2.18. The molecule has 0 aliphatic carbocycles. The van der Waals surface area contributed by atoms with Crippen molar-refractivity contribution in [2.75, 3.05) is 13.3 Å². The molecule has 88 valence electrons. The van der Waals surface area contributed by atoms with Crippen LogP contribution in [0.15, 0.2) is 60.7 Å². The molecule has 0 heterocycles. The fraction of sp³-hybridized carbons (Fsp3) is 0.200. The molecule has 17 heavy (non-hydrogen) atoms. The van der Waals surface area contributed by atoms with Gasteiger partial charge in [0.2, 0.25) is 0 Å². The van der Waals surface area contributed by atoms with Crippen LogP contribution in [0.25, 0.3) is 0 Å². The first-order valence-corrected chi connectivity index (χ1v) is 8.40. The van der Waals surface area contributed by atoms with Crippen molar-refractivity contribution in [2.24, 2.45) is 0 Å². The molecule has 0 bridgehead atoms. The van der Waals surface area contributed by atoms with Crippen molar-refractivity contribution in [3.05, 3.63) is 71.8 Å². The average Bonchev–Trinajstić information content (AvgIpc) is 2.30. The standard InChI is InChI=1S/C15H17OP/c1-17(2,16)15(13-9-5-3-6-10-13)14-11-7-4-8-12-14/h3-12,15H,1-2H3. The zero-order chi connectivity index (χ0) is 12.3. The van der Waals surface area contributed by atoms with Crippen LogP contribution in [0.3, 0.4) is 0 Å². The van der Waals surface area contributed by atoms with E-state index in [1.165, 1.54) is 0 Å². The number of hydrogen-bond acceptors (Lipinski definition) is 1. The molecule has 0 aromatic heterocycles. The molecule has 0 aliphatic heterocycles. The van der Waals surface area contributed by atoms with Crippen LogP contribution in [0.2, 0.25) is 0 Å². The van der Waals surface area contributed by atoms with E-state index in [9.17, 15) is 4.57 Å². The van der Waals surface area contributed by atoms with Crippen LogP contribution in [-0.4, -0.2) is 13.3 Å². The number of benzene rings is 2. The first-order chi connectivity index (χ1) is 8.09. The summed E-state index contributed by atoms with van der Waals surface area (Å²) in [7, 11) is -2.22. The highest BCUT2D eigenvalue weighted by Crippen LogP contribution is 2.56. The van der Waals surface area contributed by atoms with E-state index >= 15 is 0 Å². The molecule has 0 radical (unpaired) electrons. The van der Waals surface area contributed by atoms with Crippen molar-refractivity contribution in [1.29, 1.82) is 0 Å². The van der Waals surface area contributed by atoms with Crippen molar-refractivity contribution >= 4 is 7.14 Å². The van der Waals surface area contributed by atoms with E-state index in [2.05, 4.69) is 24.3 Å². The van der Waals surface area contributed by atoms with Crippen molar-refractivity contribution in [2.45, 2.75) is 5.66 Å². The van der Waals surface area contributed by atoms with Gasteiger partial charge in [-0.05, 0) is 24.5 Å². The lowest BCUT2D eigenvalue weighted by atomic mass is 10.0. The molecule has 0 aliphatic rings. The van der Waals surface area contributed by atoms with Crippen LogP contribution in [0.5, 0.6) is 0 Å². The second kappa shape index (κ2) is 4.89. The Morgan fingerprint density at radius 2 is 1.12 bits per heavy atom. The van der Waals surface area contributed by atoms with Gasteiger partial charge >= 0.3 is 0 Å². The van der Waals surface area contributed by atoms with Gasteiger partial charge < -0.3 is 4.57 Å². The third-order valence-corrected chi connectivity index (χ3v) is 4.69. The minimum atomic E-state index is -2.22. The highest BCUT2D eigenvalue weighted by molar-refractivity contribution is 7.63. The highest BCUT2D eigenvalue weighted by atomic mass is 31.2. The van der Waals surface area contributed by atoms with Crippen molar-refractivity contribution in [3.8, 4) is 0 Å². The van der Waals surface area contributed by atoms with E-state index in [0.29, 0.717) is 0 Å². The van der Waals surface area contributed by atoms with Crippen molar-refractivity contribution in [1.82, 2.24) is 0 Å². The molecule has 2 rings (SSSR count). The van der Waals surface area contributed by atoms with Gasteiger partial charge in [-0.2, -0.15) is 0 Å². The third kappa shape index (κ3) is 2.87. The molecule has 0 unspecified atom stereocenters. The Hall–Kier alpha value is -1.33.